The summed E-state index contributed by atoms with van der Waals surface area (Å²) in [6, 6.07) is 13.0. The molecule has 1 saturated heterocycles. The molecule has 0 aliphatic carbocycles. The lowest BCUT2D eigenvalue weighted by Crippen LogP contribution is -2.41. The maximum atomic E-state index is 12.6. The fourth-order valence-corrected chi connectivity index (χ4v) is 3.37. The average molecular weight is 364 g/mol. The number of ether oxygens (including phenoxy) is 1. The van der Waals surface area contributed by atoms with Crippen LogP contribution in [0.5, 0.6) is 5.75 Å². The van der Waals surface area contributed by atoms with Crippen molar-refractivity contribution in [3.05, 3.63) is 63.6 Å². The lowest BCUT2D eigenvalue weighted by molar-refractivity contribution is 0.0595. The van der Waals surface area contributed by atoms with Crippen LogP contribution >= 0.6 is 23.2 Å². The monoisotopic (exact) mass is 363 g/mol. The number of piperidine rings is 1. The lowest BCUT2D eigenvalue weighted by Gasteiger charge is -2.32. The summed E-state index contributed by atoms with van der Waals surface area (Å²) in [7, 11) is 0. The Balaban J connectivity index is 1.58. The Kier molecular flexibility index (Phi) is 5.32. The molecule has 1 heterocycles. The molecule has 1 aliphatic heterocycles. The summed E-state index contributed by atoms with van der Waals surface area (Å²) in [6.45, 7) is 3.38. The van der Waals surface area contributed by atoms with E-state index >= 15 is 0 Å². The van der Waals surface area contributed by atoms with Gasteiger partial charge in [0.15, 0.2) is 0 Å². The molecular weight excluding hydrogens is 345 g/mol. The van der Waals surface area contributed by atoms with Gasteiger partial charge in [-0.3, -0.25) is 4.79 Å². The van der Waals surface area contributed by atoms with Crippen LogP contribution in [-0.4, -0.2) is 30.0 Å². The number of rotatable bonds is 3. The fraction of sp³-hybridized carbons (Fsp3) is 0.316. The third kappa shape index (κ3) is 4.22. The Morgan fingerprint density at radius 3 is 2.21 bits per heavy atom. The molecule has 0 unspecified atom stereocenters. The molecule has 1 aliphatic rings. The van der Waals surface area contributed by atoms with E-state index in [0.29, 0.717) is 28.7 Å². The van der Waals surface area contributed by atoms with Crippen LogP contribution < -0.4 is 4.74 Å². The Bertz CT molecular complexity index is 702. The van der Waals surface area contributed by atoms with E-state index < -0.39 is 0 Å². The summed E-state index contributed by atoms with van der Waals surface area (Å²) in [5.74, 6) is 0.847. The molecule has 0 saturated carbocycles. The minimum absolute atomic E-state index is 0.0341. The van der Waals surface area contributed by atoms with Gasteiger partial charge in [-0.05, 0) is 37.3 Å². The lowest BCUT2D eigenvalue weighted by atomic mass is 10.1. The van der Waals surface area contributed by atoms with Crippen LogP contribution in [-0.2, 0) is 0 Å². The zero-order valence-corrected chi connectivity index (χ0v) is 15.0. The highest BCUT2D eigenvalue weighted by molar-refractivity contribution is 6.35. The smallest absolute Gasteiger partial charge is 0.253 e. The number of hydrogen-bond donors (Lipinski definition) is 0. The fourth-order valence-electron chi connectivity index (χ4n) is 2.85. The third-order valence-electron chi connectivity index (χ3n) is 4.16. The van der Waals surface area contributed by atoms with Gasteiger partial charge in [0.25, 0.3) is 5.91 Å². The largest absolute Gasteiger partial charge is 0.490 e. The third-order valence-corrected chi connectivity index (χ3v) is 4.60. The predicted octanol–water partition coefficient (Wildman–Crippen LogP) is 4.99. The summed E-state index contributed by atoms with van der Waals surface area (Å²) in [6.07, 6.45) is 1.77. The van der Waals surface area contributed by atoms with Crippen molar-refractivity contribution in [1.29, 1.82) is 0 Å². The summed E-state index contributed by atoms with van der Waals surface area (Å²) >= 11 is 12.0. The topological polar surface area (TPSA) is 29.5 Å². The summed E-state index contributed by atoms with van der Waals surface area (Å²) < 4.78 is 6.00. The maximum absolute atomic E-state index is 12.6. The zero-order chi connectivity index (χ0) is 17.1. The van der Waals surface area contributed by atoms with E-state index in [1.165, 1.54) is 5.56 Å². The number of amides is 1. The average Bonchev–Trinajstić information content (AvgIpc) is 2.56. The van der Waals surface area contributed by atoms with Gasteiger partial charge in [-0.25, -0.2) is 0 Å². The van der Waals surface area contributed by atoms with Gasteiger partial charge < -0.3 is 9.64 Å². The van der Waals surface area contributed by atoms with Crippen molar-refractivity contribution in [2.45, 2.75) is 25.9 Å². The van der Waals surface area contributed by atoms with Gasteiger partial charge >= 0.3 is 0 Å². The second-order valence-corrected chi connectivity index (χ2v) is 6.95. The van der Waals surface area contributed by atoms with E-state index in [4.69, 9.17) is 27.9 Å². The Hall–Kier alpha value is -1.71. The Morgan fingerprint density at radius 1 is 1.04 bits per heavy atom. The number of carbonyl (C=O) groups excluding carboxylic acids is 1. The van der Waals surface area contributed by atoms with Crippen molar-refractivity contribution in [1.82, 2.24) is 4.90 Å². The highest BCUT2D eigenvalue weighted by atomic mass is 35.5. The van der Waals surface area contributed by atoms with Crippen LogP contribution in [0.2, 0.25) is 10.0 Å². The molecule has 3 nitrogen and oxygen atoms in total. The van der Waals surface area contributed by atoms with Crippen molar-refractivity contribution < 1.29 is 9.53 Å². The number of hydrogen-bond acceptors (Lipinski definition) is 2. The minimum Gasteiger partial charge on any atom is -0.490 e. The molecule has 24 heavy (non-hydrogen) atoms. The number of halogens is 2. The first kappa shape index (κ1) is 17.1. The molecule has 0 spiro atoms. The van der Waals surface area contributed by atoms with Crippen molar-refractivity contribution in [3.63, 3.8) is 0 Å². The Labute approximate surface area is 152 Å². The first-order chi connectivity index (χ1) is 11.5. The molecule has 3 rings (SSSR count). The van der Waals surface area contributed by atoms with Crippen molar-refractivity contribution >= 4 is 29.1 Å². The first-order valence-corrected chi connectivity index (χ1v) is 8.75. The molecule has 0 radical (unpaired) electrons. The standard InChI is InChI=1S/C19H19Cl2NO2/c1-13-2-4-17(5-3-13)24-18-6-8-22(9-7-18)19(23)14-10-15(20)12-16(21)11-14/h2-5,10-12,18H,6-9H2,1H3. The van der Waals surface area contributed by atoms with Crippen LogP contribution in [0, 0.1) is 6.92 Å². The number of benzene rings is 2. The molecule has 5 heteroatoms. The van der Waals surface area contributed by atoms with E-state index in [-0.39, 0.29) is 12.0 Å². The second-order valence-electron chi connectivity index (χ2n) is 6.08. The number of likely N-dealkylation sites (tertiary alicyclic amines) is 1. The molecule has 1 fully saturated rings. The first-order valence-electron chi connectivity index (χ1n) is 8.00. The number of nitrogens with zero attached hydrogens (tertiary/aromatic N) is 1. The van der Waals surface area contributed by atoms with E-state index in [1.807, 2.05) is 29.2 Å². The summed E-state index contributed by atoms with van der Waals surface area (Å²) in [5.41, 5.74) is 1.74. The Morgan fingerprint density at radius 2 is 1.62 bits per heavy atom. The molecule has 0 bridgehead atoms. The highest BCUT2D eigenvalue weighted by Gasteiger charge is 2.25. The van der Waals surface area contributed by atoms with Crippen molar-refractivity contribution in [2.24, 2.45) is 0 Å². The quantitative estimate of drug-likeness (QED) is 0.768. The SMILES string of the molecule is Cc1ccc(OC2CCN(C(=O)c3cc(Cl)cc(Cl)c3)CC2)cc1. The van der Waals surface area contributed by atoms with E-state index in [1.54, 1.807) is 18.2 Å². The highest BCUT2D eigenvalue weighted by Crippen LogP contribution is 2.23. The number of carbonyl (C=O) groups is 1. The van der Waals surface area contributed by atoms with Crippen molar-refractivity contribution in [2.75, 3.05) is 13.1 Å². The van der Waals surface area contributed by atoms with Gasteiger partial charge in [-0.15, -0.1) is 0 Å². The van der Waals surface area contributed by atoms with E-state index in [9.17, 15) is 4.79 Å². The molecule has 0 N–H and O–H groups in total. The normalized spacial score (nSPS) is 15.4. The molecule has 2 aromatic carbocycles. The maximum Gasteiger partial charge on any atom is 0.253 e. The minimum atomic E-state index is -0.0341. The van der Waals surface area contributed by atoms with Gasteiger partial charge in [0.05, 0.1) is 0 Å². The van der Waals surface area contributed by atoms with Crippen LogP contribution in [0.15, 0.2) is 42.5 Å². The van der Waals surface area contributed by atoms with Crippen LogP contribution in [0.25, 0.3) is 0 Å². The molecule has 0 atom stereocenters. The van der Waals surface area contributed by atoms with Gasteiger partial charge in [-0.1, -0.05) is 40.9 Å². The van der Waals surface area contributed by atoms with Gasteiger partial charge in [0.2, 0.25) is 0 Å². The van der Waals surface area contributed by atoms with Crippen molar-refractivity contribution in [3.8, 4) is 5.75 Å². The second kappa shape index (κ2) is 7.45. The van der Waals surface area contributed by atoms with E-state index in [0.717, 1.165) is 18.6 Å². The van der Waals surface area contributed by atoms with Gasteiger partial charge in [0.1, 0.15) is 11.9 Å². The molecule has 126 valence electrons. The molecule has 2 aromatic rings. The van der Waals surface area contributed by atoms with Gasteiger partial charge in [-0.2, -0.15) is 0 Å². The number of aryl methyl sites for hydroxylation is 1. The van der Waals surface area contributed by atoms with E-state index in [2.05, 4.69) is 6.92 Å². The molecular formula is C19H19Cl2NO2. The van der Waals surface area contributed by atoms with Crippen LogP contribution in [0.4, 0.5) is 0 Å². The van der Waals surface area contributed by atoms with Crippen LogP contribution in [0.3, 0.4) is 0 Å². The summed E-state index contributed by atoms with van der Waals surface area (Å²) in [4.78, 5) is 14.4. The molecule has 0 aromatic heterocycles. The molecule has 1 amide bonds. The summed E-state index contributed by atoms with van der Waals surface area (Å²) in [5, 5.41) is 0.951. The van der Waals surface area contributed by atoms with Gasteiger partial charge in [0, 0.05) is 41.5 Å². The zero-order valence-electron chi connectivity index (χ0n) is 13.5. The predicted molar refractivity (Wildman–Crippen MR) is 97.2 cm³/mol. The van der Waals surface area contributed by atoms with Crippen LogP contribution in [0.1, 0.15) is 28.8 Å².